The summed E-state index contributed by atoms with van der Waals surface area (Å²) in [7, 11) is 3.77. The van der Waals surface area contributed by atoms with Gasteiger partial charge in [0.1, 0.15) is 33.7 Å². The Hall–Kier alpha value is -4.38. The Labute approximate surface area is 324 Å². The van der Waals surface area contributed by atoms with E-state index >= 15 is 0 Å². The molecule has 0 aliphatic heterocycles. The predicted molar refractivity (Wildman–Crippen MR) is 218 cm³/mol. The van der Waals surface area contributed by atoms with Crippen LogP contribution in [0.25, 0.3) is 0 Å². The Balaban J connectivity index is 0.000000294. The maximum Gasteiger partial charge on any atom is 0.423 e. The highest BCUT2D eigenvalue weighted by molar-refractivity contribution is 7.65. The number of benzene rings is 4. The monoisotopic (exact) mass is 773 g/mol. The van der Waals surface area contributed by atoms with E-state index in [-0.39, 0.29) is 25.5 Å². The average molecular weight is 774 g/mol. The molecule has 54 heavy (non-hydrogen) atoms. The van der Waals surface area contributed by atoms with E-state index in [0.29, 0.717) is 47.8 Å². The van der Waals surface area contributed by atoms with Crippen LogP contribution in [0.15, 0.2) is 97.1 Å². The van der Waals surface area contributed by atoms with E-state index in [4.69, 9.17) is 18.9 Å². The van der Waals surface area contributed by atoms with Crippen molar-refractivity contribution in [2.75, 3.05) is 28.4 Å². The summed E-state index contributed by atoms with van der Waals surface area (Å²) in [6.07, 6.45) is 8.52. The quantitative estimate of drug-likeness (QED) is 0.0441. The summed E-state index contributed by atoms with van der Waals surface area (Å²) < 4.78 is 47.1. The van der Waals surface area contributed by atoms with Gasteiger partial charge in [0.15, 0.2) is 25.5 Å². The molecule has 0 saturated heterocycles. The molecular formula is C44H55O8P2+. The number of Topliss-reactive ketones (excluding diaryl/α,β-unsaturated/α-hetero) is 1. The maximum atomic E-state index is 13.8. The zero-order valence-electron chi connectivity index (χ0n) is 32.5. The molecule has 0 heterocycles. The molecule has 0 saturated carbocycles. The molecule has 0 aliphatic rings. The molecule has 0 fully saturated rings. The normalized spacial score (nSPS) is 12.7. The third kappa shape index (κ3) is 12.1. The van der Waals surface area contributed by atoms with Gasteiger partial charge in [0.2, 0.25) is 0 Å². The molecule has 4 aromatic carbocycles. The molecular weight excluding hydrogens is 718 g/mol. The van der Waals surface area contributed by atoms with Crippen molar-refractivity contribution in [3.63, 3.8) is 0 Å². The fourth-order valence-corrected chi connectivity index (χ4v) is 8.86. The minimum Gasteiger partial charge on any atom is -0.496 e. The van der Waals surface area contributed by atoms with Crippen LogP contribution in [0.4, 0.5) is 0 Å². The second-order valence-electron chi connectivity index (χ2n) is 13.1. The van der Waals surface area contributed by atoms with Gasteiger partial charge in [0.05, 0.1) is 28.4 Å². The molecule has 0 N–H and O–H groups in total. The van der Waals surface area contributed by atoms with Crippen LogP contribution in [0.1, 0.15) is 97.1 Å². The van der Waals surface area contributed by atoms with Crippen LogP contribution in [-0.2, 0) is 22.0 Å². The van der Waals surface area contributed by atoms with Crippen LogP contribution in [0.2, 0.25) is 0 Å². The fraction of sp³-hybridized carbons (Fsp3) is 0.409. The first-order valence-corrected chi connectivity index (χ1v) is 20.8. The highest BCUT2D eigenvalue weighted by Gasteiger charge is 2.43. The highest BCUT2D eigenvalue weighted by atomic mass is 31.1. The third-order valence-corrected chi connectivity index (χ3v) is 12.1. The molecule has 3 atom stereocenters. The summed E-state index contributed by atoms with van der Waals surface area (Å²) in [6.45, 7) is 4.21. The van der Waals surface area contributed by atoms with E-state index in [1.807, 2.05) is 67.6 Å². The summed E-state index contributed by atoms with van der Waals surface area (Å²) >= 11 is 0. The lowest BCUT2D eigenvalue weighted by atomic mass is 9.85. The lowest BCUT2D eigenvalue weighted by molar-refractivity contribution is 0.0925. The van der Waals surface area contributed by atoms with Crippen molar-refractivity contribution in [2.45, 2.75) is 88.9 Å². The van der Waals surface area contributed by atoms with Crippen molar-refractivity contribution >= 4 is 27.6 Å². The van der Waals surface area contributed by atoms with Gasteiger partial charge in [-0.3, -0.25) is 9.36 Å². The van der Waals surface area contributed by atoms with Gasteiger partial charge in [-0.25, -0.2) is 4.79 Å². The first-order valence-electron chi connectivity index (χ1n) is 18.6. The molecule has 0 radical (unpaired) electrons. The van der Waals surface area contributed by atoms with E-state index in [2.05, 4.69) is 6.92 Å². The summed E-state index contributed by atoms with van der Waals surface area (Å²) in [5.41, 5.74) is 2.10. The minimum absolute atomic E-state index is 0.173. The second kappa shape index (κ2) is 23.4. The summed E-state index contributed by atoms with van der Waals surface area (Å²) in [5, 5.41) is -1.05. The van der Waals surface area contributed by atoms with Gasteiger partial charge >= 0.3 is 13.3 Å². The van der Waals surface area contributed by atoms with E-state index < -0.39 is 18.5 Å². The van der Waals surface area contributed by atoms with Gasteiger partial charge in [0.25, 0.3) is 0 Å². The first-order chi connectivity index (χ1) is 26.2. The maximum absolute atomic E-state index is 13.8. The van der Waals surface area contributed by atoms with Gasteiger partial charge in [-0.2, -0.15) is 0 Å². The van der Waals surface area contributed by atoms with Gasteiger partial charge < -0.3 is 18.9 Å². The Morgan fingerprint density at radius 2 is 1.11 bits per heavy atom. The number of carbonyl (C=O) groups excluding carboxylic acids is 2. The Bertz CT molecular complexity index is 1740. The zero-order chi connectivity index (χ0) is 39.3. The van der Waals surface area contributed by atoms with Crippen LogP contribution in [-0.4, -0.2) is 50.6 Å². The summed E-state index contributed by atoms with van der Waals surface area (Å²) in [6, 6.07) is 30.0. The topological polar surface area (TPSA) is 105 Å². The molecule has 288 valence electrons. The van der Waals surface area contributed by atoms with Crippen molar-refractivity contribution in [2.24, 2.45) is 0 Å². The molecule has 0 spiro atoms. The van der Waals surface area contributed by atoms with Gasteiger partial charge in [-0.1, -0.05) is 130 Å². The van der Waals surface area contributed by atoms with E-state index in [1.165, 1.54) is 34.9 Å². The molecule has 0 bridgehead atoms. The van der Waals surface area contributed by atoms with Crippen LogP contribution in [0, 0.1) is 0 Å². The van der Waals surface area contributed by atoms with Crippen molar-refractivity contribution < 1.29 is 37.7 Å². The molecule has 4 rings (SSSR count). The van der Waals surface area contributed by atoms with Gasteiger partial charge in [-0.05, 0) is 54.7 Å². The number of methoxy groups -OCH3 is 4. The largest absolute Gasteiger partial charge is 0.496 e. The number of ketones is 1. The number of rotatable bonds is 22. The summed E-state index contributed by atoms with van der Waals surface area (Å²) in [5.74, 6) is 1.48. The van der Waals surface area contributed by atoms with E-state index in [0.717, 1.165) is 49.7 Å². The third-order valence-electron chi connectivity index (χ3n) is 9.40. The molecule has 0 aliphatic carbocycles. The summed E-state index contributed by atoms with van der Waals surface area (Å²) in [4.78, 5) is 26.8. The van der Waals surface area contributed by atoms with Crippen molar-refractivity contribution in [1.82, 2.24) is 0 Å². The van der Waals surface area contributed by atoms with Gasteiger partial charge in [0, 0.05) is 6.42 Å². The molecule has 0 amide bonds. The van der Waals surface area contributed by atoms with Crippen molar-refractivity contribution in [3.05, 3.63) is 119 Å². The number of carbonyl (C=O) groups is 2. The van der Waals surface area contributed by atoms with E-state index in [9.17, 15) is 18.7 Å². The molecule has 0 aromatic heterocycles. The van der Waals surface area contributed by atoms with Crippen molar-refractivity contribution in [1.29, 1.82) is 0 Å². The lowest BCUT2D eigenvalue weighted by Crippen LogP contribution is -2.36. The van der Waals surface area contributed by atoms with Crippen molar-refractivity contribution in [3.8, 4) is 23.0 Å². The number of ether oxygens (including phenoxy) is 4. The van der Waals surface area contributed by atoms with Gasteiger partial charge in [-0.15, -0.1) is 0 Å². The van der Waals surface area contributed by atoms with Crippen LogP contribution in [0.3, 0.4) is 0 Å². The SMILES string of the molecule is CCCC(Cc1ccccc1)[P+](=O)C(=O)c1c(OC)cccc1OC.CCCCCCCC(Cc1ccccc1)(P=O)C(=O)c1c(OC)cccc1OC. The van der Waals surface area contributed by atoms with Crippen LogP contribution >= 0.6 is 16.3 Å². The molecule has 8 nitrogen and oxygen atoms in total. The fourth-order valence-electron chi connectivity index (χ4n) is 6.52. The first kappa shape index (κ1) is 44.0. The Morgan fingerprint density at radius 1 is 0.630 bits per heavy atom. The predicted octanol–water partition coefficient (Wildman–Crippen LogP) is 11.6. The number of unbranched alkanes of at least 4 members (excludes halogenated alkanes) is 4. The lowest BCUT2D eigenvalue weighted by Gasteiger charge is -2.27. The number of hydrogen-bond acceptors (Lipinski definition) is 8. The average Bonchev–Trinajstić information content (AvgIpc) is 3.22. The second-order valence-corrected chi connectivity index (χ2v) is 15.9. The van der Waals surface area contributed by atoms with E-state index in [1.54, 1.807) is 36.4 Å². The highest BCUT2D eigenvalue weighted by Crippen LogP contribution is 2.43. The Morgan fingerprint density at radius 3 is 1.57 bits per heavy atom. The van der Waals surface area contributed by atoms with Crippen LogP contribution < -0.4 is 18.9 Å². The Kier molecular flexibility index (Phi) is 19.1. The molecule has 3 unspecified atom stereocenters. The smallest absolute Gasteiger partial charge is 0.423 e. The zero-order valence-corrected chi connectivity index (χ0v) is 34.3. The standard InChI is InChI=1S/C24H31O4P.C20H24O4P/c1-4-5-6-7-11-17-24(29-26,18-19-13-9-8-10-14-19)23(25)22-20(27-2)15-12-16-21(22)28-3;1-4-9-16(14-15-10-6-5-7-11-15)25(22)20(21)19-17(23-2)12-8-13-18(19)24-3/h8-10,12-16H,4-7,11,17-18H2,1-3H3;5-8,10-13,16H,4,9,14H2,1-3H3/q;+1. The minimum atomic E-state index is -2.10. The molecule has 10 heteroatoms. The number of hydrogen-bond donors (Lipinski definition) is 0. The van der Waals surface area contributed by atoms with Crippen LogP contribution in [0.5, 0.6) is 23.0 Å². The molecule has 4 aromatic rings.